The van der Waals surface area contributed by atoms with Crippen LogP contribution < -0.4 is 0 Å². The fraction of sp³-hybridized carbons (Fsp3) is 0.471. The molecule has 1 N–H and O–H groups in total. The lowest BCUT2D eigenvalue weighted by molar-refractivity contribution is 0.163. The summed E-state index contributed by atoms with van der Waals surface area (Å²) in [6, 6.07) is 10.0. The van der Waals surface area contributed by atoms with E-state index in [1.54, 1.807) is 6.20 Å². The van der Waals surface area contributed by atoms with Crippen molar-refractivity contribution in [1.29, 1.82) is 0 Å². The Hall–Kier alpha value is -1.41. The highest BCUT2D eigenvalue weighted by molar-refractivity contribution is 5.78. The Morgan fingerprint density at radius 1 is 1.11 bits per heavy atom. The summed E-state index contributed by atoms with van der Waals surface area (Å²) >= 11 is 0. The molecule has 0 bridgehead atoms. The lowest BCUT2D eigenvalue weighted by Gasteiger charge is -2.11. The third kappa shape index (κ3) is 4.03. The first kappa shape index (κ1) is 14.0. The number of nitrogens with zero attached hydrogens (tertiary/aromatic N) is 1. The third-order valence-corrected chi connectivity index (χ3v) is 3.59. The normalized spacial score (nSPS) is 12.7. The lowest BCUT2D eigenvalue weighted by Crippen LogP contribution is -1.97. The smallest absolute Gasteiger partial charge is 0.0790 e. The van der Waals surface area contributed by atoms with Crippen LogP contribution in [0.5, 0.6) is 0 Å². The highest BCUT2D eigenvalue weighted by Gasteiger charge is 2.07. The molecule has 0 fully saturated rings. The number of unbranched alkanes of at least 4 members (excludes halogenated alkanes) is 4. The summed E-state index contributed by atoms with van der Waals surface area (Å²) in [5.74, 6) is 0. The Morgan fingerprint density at radius 3 is 2.79 bits per heavy atom. The Balaban J connectivity index is 1.91. The van der Waals surface area contributed by atoms with Crippen molar-refractivity contribution in [2.75, 3.05) is 0 Å². The van der Waals surface area contributed by atoms with Crippen molar-refractivity contribution in [2.24, 2.45) is 0 Å². The third-order valence-electron chi connectivity index (χ3n) is 3.59. The van der Waals surface area contributed by atoms with E-state index >= 15 is 0 Å². The van der Waals surface area contributed by atoms with Gasteiger partial charge < -0.3 is 5.11 Å². The fourth-order valence-electron chi connectivity index (χ4n) is 2.41. The van der Waals surface area contributed by atoms with Crippen molar-refractivity contribution in [3.05, 3.63) is 42.1 Å². The first-order valence-corrected chi connectivity index (χ1v) is 7.34. The number of aliphatic hydroxyl groups excluding tert-OH is 1. The maximum absolute atomic E-state index is 10.2. The van der Waals surface area contributed by atoms with Gasteiger partial charge in [-0.3, -0.25) is 4.98 Å². The number of aromatic nitrogens is 1. The van der Waals surface area contributed by atoms with Gasteiger partial charge in [0.25, 0.3) is 0 Å². The van der Waals surface area contributed by atoms with Crippen LogP contribution in [0.2, 0.25) is 0 Å². The van der Waals surface area contributed by atoms with E-state index in [4.69, 9.17) is 0 Å². The summed E-state index contributed by atoms with van der Waals surface area (Å²) in [5.41, 5.74) is 2.00. The molecule has 2 heteroatoms. The molecule has 0 amide bonds. The predicted octanol–water partition coefficient (Wildman–Crippen LogP) is 4.63. The zero-order valence-electron chi connectivity index (χ0n) is 11.7. The quantitative estimate of drug-likeness (QED) is 0.734. The first-order chi connectivity index (χ1) is 9.31. The molecule has 1 unspecified atom stereocenters. The standard InChI is InChI=1S/C17H23NO/c1-2-3-4-5-6-9-17(19)15-10-11-16-14(13-15)8-7-12-18-16/h7-8,10-13,17,19H,2-6,9H2,1H3. The van der Waals surface area contributed by atoms with E-state index in [1.165, 1.54) is 25.7 Å². The minimum atomic E-state index is -0.341. The summed E-state index contributed by atoms with van der Waals surface area (Å²) in [4.78, 5) is 4.30. The van der Waals surface area contributed by atoms with Crippen LogP contribution in [-0.4, -0.2) is 10.1 Å². The van der Waals surface area contributed by atoms with Gasteiger partial charge in [0.1, 0.15) is 0 Å². The molecule has 102 valence electrons. The van der Waals surface area contributed by atoms with Crippen molar-refractivity contribution >= 4 is 10.9 Å². The summed E-state index contributed by atoms with van der Waals surface area (Å²) in [6.07, 6.45) is 8.49. The molecule has 0 aliphatic heterocycles. The number of benzene rings is 1. The van der Waals surface area contributed by atoms with E-state index in [9.17, 15) is 5.11 Å². The van der Waals surface area contributed by atoms with Gasteiger partial charge in [0.2, 0.25) is 0 Å². The van der Waals surface area contributed by atoms with Crippen molar-refractivity contribution in [1.82, 2.24) is 4.98 Å². The van der Waals surface area contributed by atoms with Gasteiger partial charge in [-0.25, -0.2) is 0 Å². The average molecular weight is 257 g/mol. The average Bonchev–Trinajstić information content (AvgIpc) is 2.46. The number of fused-ring (bicyclic) bond motifs is 1. The molecule has 0 saturated heterocycles. The van der Waals surface area contributed by atoms with Gasteiger partial charge in [-0.1, -0.05) is 51.2 Å². The molecule has 1 aromatic heterocycles. The molecule has 0 saturated carbocycles. The second kappa shape index (κ2) is 7.25. The van der Waals surface area contributed by atoms with Crippen LogP contribution in [0.25, 0.3) is 10.9 Å². The zero-order chi connectivity index (χ0) is 13.5. The lowest BCUT2D eigenvalue weighted by atomic mass is 10.0. The van der Waals surface area contributed by atoms with E-state index in [-0.39, 0.29) is 6.10 Å². The van der Waals surface area contributed by atoms with Gasteiger partial charge in [-0.05, 0) is 30.2 Å². The van der Waals surface area contributed by atoms with Crippen LogP contribution in [0, 0.1) is 0 Å². The molecule has 2 rings (SSSR count). The van der Waals surface area contributed by atoms with Crippen LogP contribution in [0.1, 0.15) is 57.1 Å². The van der Waals surface area contributed by atoms with E-state index < -0.39 is 0 Å². The Labute approximate surface area is 115 Å². The number of pyridine rings is 1. The molecule has 2 nitrogen and oxygen atoms in total. The second-order valence-electron chi connectivity index (χ2n) is 5.17. The van der Waals surface area contributed by atoms with Gasteiger partial charge in [0.05, 0.1) is 11.6 Å². The van der Waals surface area contributed by atoms with Crippen LogP contribution in [0.4, 0.5) is 0 Å². The van der Waals surface area contributed by atoms with Crippen molar-refractivity contribution < 1.29 is 5.11 Å². The predicted molar refractivity (Wildman–Crippen MR) is 80.1 cm³/mol. The van der Waals surface area contributed by atoms with Gasteiger partial charge in [-0.2, -0.15) is 0 Å². The topological polar surface area (TPSA) is 33.1 Å². The first-order valence-electron chi connectivity index (χ1n) is 7.34. The largest absolute Gasteiger partial charge is 0.388 e. The number of rotatable bonds is 7. The summed E-state index contributed by atoms with van der Waals surface area (Å²) < 4.78 is 0. The zero-order valence-corrected chi connectivity index (χ0v) is 11.7. The van der Waals surface area contributed by atoms with E-state index in [0.717, 1.165) is 29.3 Å². The van der Waals surface area contributed by atoms with Crippen LogP contribution >= 0.6 is 0 Å². The highest BCUT2D eigenvalue weighted by atomic mass is 16.3. The van der Waals surface area contributed by atoms with Crippen molar-refractivity contribution in [2.45, 2.75) is 51.6 Å². The Kier molecular flexibility index (Phi) is 5.34. The molecule has 0 spiro atoms. The minimum Gasteiger partial charge on any atom is -0.388 e. The van der Waals surface area contributed by atoms with E-state index in [1.807, 2.05) is 24.3 Å². The van der Waals surface area contributed by atoms with Crippen molar-refractivity contribution in [3.63, 3.8) is 0 Å². The molecule has 1 heterocycles. The molecular weight excluding hydrogens is 234 g/mol. The molecule has 0 radical (unpaired) electrons. The minimum absolute atomic E-state index is 0.341. The molecular formula is C17H23NO. The van der Waals surface area contributed by atoms with Gasteiger partial charge in [0, 0.05) is 11.6 Å². The van der Waals surface area contributed by atoms with Gasteiger partial charge >= 0.3 is 0 Å². The number of hydrogen-bond acceptors (Lipinski definition) is 2. The van der Waals surface area contributed by atoms with E-state index in [2.05, 4.69) is 18.0 Å². The second-order valence-corrected chi connectivity index (χ2v) is 5.17. The molecule has 1 aromatic carbocycles. The summed E-state index contributed by atoms with van der Waals surface area (Å²) in [6.45, 7) is 2.22. The summed E-state index contributed by atoms with van der Waals surface area (Å²) in [5, 5.41) is 11.3. The van der Waals surface area contributed by atoms with Gasteiger partial charge in [0.15, 0.2) is 0 Å². The Bertz CT molecular complexity index is 509. The van der Waals surface area contributed by atoms with Crippen LogP contribution in [-0.2, 0) is 0 Å². The monoisotopic (exact) mass is 257 g/mol. The number of aliphatic hydroxyl groups is 1. The van der Waals surface area contributed by atoms with Crippen LogP contribution in [0.3, 0.4) is 0 Å². The fourth-order valence-corrected chi connectivity index (χ4v) is 2.41. The molecule has 1 atom stereocenters. The molecule has 0 aliphatic rings. The maximum atomic E-state index is 10.2. The van der Waals surface area contributed by atoms with Crippen LogP contribution in [0.15, 0.2) is 36.5 Å². The molecule has 2 aromatic rings. The maximum Gasteiger partial charge on any atom is 0.0790 e. The molecule has 19 heavy (non-hydrogen) atoms. The SMILES string of the molecule is CCCCCCCC(O)c1ccc2ncccc2c1. The number of hydrogen-bond donors (Lipinski definition) is 1. The van der Waals surface area contributed by atoms with E-state index in [0.29, 0.717) is 0 Å². The Morgan fingerprint density at radius 2 is 1.95 bits per heavy atom. The highest BCUT2D eigenvalue weighted by Crippen LogP contribution is 2.23. The summed E-state index contributed by atoms with van der Waals surface area (Å²) in [7, 11) is 0. The van der Waals surface area contributed by atoms with Crippen molar-refractivity contribution in [3.8, 4) is 0 Å². The van der Waals surface area contributed by atoms with Gasteiger partial charge in [-0.15, -0.1) is 0 Å². The molecule has 0 aliphatic carbocycles.